The number of nitrogens with one attached hydrogen (secondary N) is 1. The molecule has 0 bridgehead atoms. The monoisotopic (exact) mass is 253 g/mol. The first kappa shape index (κ1) is 13.3. The third-order valence-corrected chi connectivity index (χ3v) is 5.77. The summed E-state index contributed by atoms with van der Waals surface area (Å²) in [6.45, 7) is 0. The number of hydrogen-bond acceptors (Lipinski definition) is 2. The predicted molar refractivity (Wildman–Crippen MR) is 69.2 cm³/mol. The van der Waals surface area contributed by atoms with Crippen LogP contribution in [0.4, 0.5) is 0 Å². The van der Waals surface area contributed by atoms with E-state index < -0.39 is 20.1 Å². The average molecular weight is 253 g/mol. The Balaban J connectivity index is 2.51. The molecule has 15 heavy (non-hydrogen) atoms. The van der Waals surface area contributed by atoms with Gasteiger partial charge in [0.2, 0.25) is 10.0 Å². The highest BCUT2D eigenvalue weighted by atomic mass is 32.3. The van der Waals surface area contributed by atoms with Crippen molar-refractivity contribution in [1.82, 2.24) is 4.72 Å². The van der Waals surface area contributed by atoms with Crippen LogP contribution in [0.3, 0.4) is 0 Å². The molecule has 0 atom stereocenters. The van der Waals surface area contributed by atoms with Crippen LogP contribution in [0.15, 0.2) is 0 Å². The second kappa shape index (κ2) is 5.06. The molecular weight excluding hydrogens is 230 g/mol. The molecule has 1 saturated carbocycles. The number of rotatable bonds is 4. The highest BCUT2D eigenvalue weighted by Crippen LogP contribution is 2.33. The van der Waals surface area contributed by atoms with Crippen LogP contribution < -0.4 is 4.72 Å². The van der Waals surface area contributed by atoms with Crippen LogP contribution in [0.5, 0.6) is 0 Å². The maximum atomic E-state index is 11.9. The molecule has 1 N–H and O–H groups in total. The molecule has 0 aromatic rings. The van der Waals surface area contributed by atoms with Crippen molar-refractivity contribution in [1.29, 1.82) is 0 Å². The number of sulfonamides is 1. The van der Waals surface area contributed by atoms with E-state index in [4.69, 9.17) is 0 Å². The third kappa shape index (κ3) is 4.74. The van der Waals surface area contributed by atoms with Crippen LogP contribution in [0.2, 0.25) is 0 Å². The lowest BCUT2D eigenvalue weighted by molar-refractivity contribution is 0.479. The summed E-state index contributed by atoms with van der Waals surface area (Å²) in [4.78, 5) is 0. The first-order chi connectivity index (χ1) is 6.81. The van der Waals surface area contributed by atoms with Gasteiger partial charge in [-0.25, -0.2) is 23.2 Å². The molecule has 1 aliphatic rings. The molecule has 3 nitrogen and oxygen atoms in total. The van der Waals surface area contributed by atoms with E-state index in [0.29, 0.717) is 5.88 Å². The second-order valence-electron chi connectivity index (χ2n) is 5.18. The van der Waals surface area contributed by atoms with Crippen LogP contribution in [0.1, 0.15) is 32.1 Å². The predicted octanol–water partition coefficient (Wildman–Crippen LogP) is 1.89. The molecule has 0 aromatic carbocycles. The minimum absolute atomic E-state index is 0.131. The van der Waals surface area contributed by atoms with Crippen LogP contribution in [0, 0.1) is 0 Å². The maximum Gasteiger partial charge on any atom is 0.215 e. The Bertz CT molecular complexity index is 287. The Kier molecular flexibility index (Phi) is 4.50. The lowest BCUT2D eigenvalue weighted by Gasteiger charge is -2.28. The van der Waals surface area contributed by atoms with Crippen molar-refractivity contribution in [2.24, 2.45) is 0 Å². The van der Waals surface area contributed by atoms with Crippen molar-refractivity contribution >= 4 is 20.1 Å². The average Bonchev–Trinajstić information content (AvgIpc) is 2.16. The highest BCUT2D eigenvalue weighted by Gasteiger charge is 2.27. The van der Waals surface area contributed by atoms with E-state index in [1.807, 2.05) is 0 Å². The third-order valence-electron chi connectivity index (χ3n) is 2.68. The second-order valence-corrected chi connectivity index (χ2v) is 11.7. The molecule has 0 heterocycles. The summed E-state index contributed by atoms with van der Waals surface area (Å²) in [7, 11) is -3.83. The van der Waals surface area contributed by atoms with Crippen LogP contribution >= 0.6 is 10.0 Å². The van der Waals surface area contributed by atoms with E-state index in [-0.39, 0.29) is 5.25 Å². The van der Waals surface area contributed by atoms with E-state index in [9.17, 15) is 8.42 Å². The van der Waals surface area contributed by atoms with E-state index in [1.54, 1.807) is 0 Å². The van der Waals surface area contributed by atoms with Gasteiger partial charge in [0.05, 0.1) is 5.25 Å². The van der Waals surface area contributed by atoms with Crippen molar-refractivity contribution in [2.75, 3.05) is 24.6 Å². The lowest BCUT2D eigenvalue weighted by Crippen LogP contribution is -2.37. The van der Waals surface area contributed by atoms with Crippen molar-refractivity contribution in [3.05, 3.63) is 0 Å². The fourth-order valence-corrected chi connectivity index (χ4v) is 5.01. The standard InChI is InChI=1S/C10H23NO2S2/c1-14(2,3)9-11-15(12,13)10-7-5-4-6-8-10/h10-11H,4-9H2,1-3H3. The summed E-state index contributed by atoms with van der Waals surface area (Å²) in [6.07, 6.45) is 11.4. The lowest BCUT2D eigenvalue weighted by atomic mass is 10.0. The van der Waals surface area contributed by atoms with Gasteiger partial charge in [-0.05, 0) is 31.6 Å². The van der Waals surface area contributed by atoms with Gasteiger partial charge in [0.1, 0.15) is 0 Å². The first-order valence-corrected chi connectivity index (χ1v) is 10.0. The van der Waals surface area contributed by atoms with Crippen molar-refractivity contribution in [3.8, 4) is 0 Å². The summed E-state index contributed by atoms with van der Waals surface area (Å²) < 4.78 is 26.6. The summed E-state index contributed by atoms with van der Waals surface area (Å²) in [6, 6.07) is 0. The van der Waals surface area contributed by atoms with Gasteiger partial charge in [-0.2, -0.15) is 0 Å². The highest BCUT2D eigenvalue weighted by molar-refractivity contribution is 8.32. The summed E-state index contributed by atoms with van der Waals surface area (Å²) in [5.74, 6) is 0.617. The first-order valence-electron chi connectivity index (χ1n) is 5.46. The number of hydrogen-bond donors (Lipinski definition) is 1. The largest absolute Gasteiger partial charge is 0.236 e. The molecule has 0 aliphatic heterocycles. The van der Waals surface area contributed by atoms with E-state index >= 15 is 0 Å². The van der Waals surface area contributed by atoms with Crippen molar-refractivity contribution < 1.29 is 8.42 Å². The topological polar surface area (TPSA) is 46.2 Å². The zero-order valence-electron chi connectivity index (χ0n) is 9.95. The Labute approximate surface area is 95.4 Å². The summed E-state index contributed by atoms with van der Waals surface area (Å²) in [5, 5.41) is -0.131. The molecule has 92 valence electrons. The van der Waals surface area contributed by atoms with Gasteiger partial charge in [-0.3, -0.25) is 0 Å². The Morgan fingerprint density at radius 2 is 1.60 bits per heavy atom. The van der Waals surface area contributed by atoms with E-state index in [0.717, 1.165) is 25.7 Å². The quantitative estimate of drug-likeness (QED) is 0.831. The Hall–Kier alpha value is 0.260. The van der Waals surface area contributed by atoms with Crippen LogP contribution in [-0.2, 0) is 10.0 Å². The van der Waals surface area contributed by atoms with Gasteiger partial charge in [0.15, 0.2) is 0 Å². The van der Waals surface area contributed by atoms with Gasteiger partial charge >= 0.3 is 0 Å². The smallest absolute Gasteiger partial charge is 0.215 e. The fourth-order valence-electron chi connectivity index (χ4n) is 1.75. The minimum Gasteiger partial charge on any atom is -0.236 e. The molecule has 0 amide bonds. The molecule has 5 heteroatoms. The minimum atomic E-state index is -3.05. The van der Waals surface area contributed by atoms with Gasteiger partial charge in [-0.1, -0.05) is 19.3 Å². The summed E-state index contributed by atoms with van der Waals surface area (Å²) in [5.41, 5.74) is 0. The van der Waals surface area contributed by atoms with Crippen molar-refractivity contribution in [3.63, 3.8) is 0 Å². The molecule has 1 aliphatic carbocycles. The fraction of sp³-hybridized carbons (Fsp3) is 1.00. The SMILES string of the molecule is CS(C)(C)CNS(=O)(=O)C1CCCCC1. The maximum absolute atomic E-state index is 11.9. The molecule has 1 fully saturated rings. The Morgan fingerprint density at radius 1 is 1.07 bits per heavy atom. The summed E-state index contributed by atoms with van der Waals surface area (Å²) >= 11 is 0. The Morgan fingerprint density at radius 3 is 2.07 bits per heavy atom. The van der Waals surface area contributed by atoms with Gasteiger partial charge in [0.25, 0.3) is 0 Å². The van der Waals surface area contributed by atoms with Gasteiger partial charge in [0, 0.05) is 5.88 Å². The van der Waals surface area contributed by atoms with E-state index in [2.05, 4.69) is 23.5 Å². The molecule has 0 saturated heterocycles. The van der Waals surface area contributed by atoms with Crippen LogP contribution in [-0.4, -0.2) is 38.3 Å². The molecule has 0 unspecified atom stereocenters. The molecule has 0 aromatic heterocycles. The van der Waals surface area contributed by atoms with Crippen LogP contribution in [0.25, 0.3) is 0 Å². The van der Waals surface area contributed by atoms with E-state index in [1.165, 1.54) is 6.42 Å². The van der Waals surface area contributed by atoms with Gasteiger partial charge in [-0.15, -0.1) is 0 Å². The zero-order chi connectivity index (χ0) is 11.5. The zero-order valence-corrected chi connectivity index (χ0v) is 11.6. The normalized spacial score (nSPS) is 21.5. The molecule has 1 rings (SSSR count). The molecule has 0 radical (unpaired) electrons. The molecule has 0 spiro atoms. The van der Waals surface area contributed by atoms with Gasteiger partial charge < -0.3 is 0 Å². The van der Waals surface area contributed by atoms with Crippen molar-refractivity contribution in [2.45, 2.75) is 37.4 Å². The molecular formula is C10H23NO2S2.